The molecule has 0 aliphatic carbocycles. The molecule has 2 rings (SSSR count). The van der Waals surface area contributed by atoms with E-state index >= 15 is 0 Å². The van der Waals surface area contributed by atoms with Crippen molar-refractivity contribution >= 4 is 12.1 Å². The zero-order valence-electron chi connectivity index (χ0n) is 12.9. The van der Waals surface area contributed by atoms with E-state index in [9.17, 15) is 9.90 Å². The fraction of sp³-hybridized carbons (Fsp3) is 0.118. The minimum Gasteiger partial charge on any atom is -0.504 e. The van der Waals surface area contributed by atoms with Gasteiger partial charge in [-0.15, -0.1) is 0 Å². The van der Waals surface area contributed by atoms with Gasteiger partial charge in [-0.1, -0.05) is 12.1 Å². The van der Waals surface area contributed by atoms with Gasteiger partial charge in [-0.25, -0.2) is 5.43 Å². The molecule has 122 valence electrons. The zero-order chi connectivity index (χ0) is 17.4. The quantitative estimate of drug-likeness (QED) is 0.622. The van der Waals surface area contributed by atoms with Gasteiger partial charge in [0.25, 0.3) is 5.91 Å². The van der Waals surface area contributed by atoms with Gasteiger partial charge in [0.05, 0.1) is 18.9 Å². The summed E-state index contributed by atoms with van der Waals surface area (Å²) < 4.78 is 10.3. The number of phenolic OH excluding ortho intramolecular Hbond substituents is 1. The summed E-state index contributed by atoms with van der Waals surface area (Å²) in [5.41, 5.74) is 3.30. The largest absolute Gasteiger partial charge is 0.504 e. The third kappa shape index (κ3) is 4.48. The van der Waals surface area contributed by atoms with Crippen LogP contribution in [0.25, 0.3) is 0 Å². The Balaban J connectivity index is 1.88. The summed E-state index contributed by atoms with van der Waals surface area (Å²) >= 11 is 0. The van der Waals surface area contributed by atoms with Crippen molar-refractivity contribution in [2.45, 2.75) is 0 Å². The minimum absolute atomic E-state index is 0.0169. The summed E-state index contributed by atoms with van der Waals surface area (Å²) in [6.07, 6.45) is 1.41. The van der Waals surface area contributed by atoms with Crippen LogP contribution in [0.3, 0.4) is 0 Å². The molecule has 7 heteroatoms. The third-order valence-electron chi connectivity index (χ3n) is 2.97. The number of nitrogens with one attached hydrogen (secondary N) is 1. The predicted octanol–water partition coefficient (Wildman–Crippen LogP) is 1.80. The van der Waals surface area contributed by atoms with Crippen LogP contribution in [0.4, 0.5) is 0 Å². The van der Waals surface area contributed by atoms with Crippen LogP contribution in [0.1, 0.15) is 11.1 Å². The second-order valence-corrected chi connectivity index (χ2v) is 4.62. The highest BCUT2D eigenvalue weighted by Gasteiger charge is 2.05. The summed E-state index contributed by atoms with van der Waals surface area (Å²) in [4.78, 5) is 11.7. The fourth-order valence-corrected chi connectivity index (χ4v) is 1.81. The van der Waals surface area contributed by atoms with Gasteiger partial charge in [-0.2, -0.15) is 10.4 Å². The lowest BCUT2D eigenvalue weighted by molar-refractivity contribution is -0.123. The molecular formula is C17H15N3O4. The molecule has 0 aromatic heterocycles. The van der Waals surface area contributed by atoms with Crippen LogP contribution >= 0.6 is 0 Å². The lowest BCUT2D eigenvalue weighted by Gasteiger charge is -2.06. The van der Waals surface area contributed by atoms with Crippen molar-refractivity contribution in [2.24, 2.45) is 5.10 Å². The first-order valence-corrected chi connectivity index (χ1v) is 6.95. The molecule has 0 heterocycles. The van der Waals surface area contributed by atoms with Crippen LogP contribution in [-0.2, 0) is 4.79 Å². The van der Waals surface area contributed by atoms with Crippen molar-refractivity contribution in [3.63, 3.8) is 0 Å². The Morgan fingerprint density at radius 1 is 1.33 bits per heavy atom. The monoisotopic (exact) mass is 325 g/mol. The Labute approximate surface area is 138 Å². The lowest BCUT2D eigenvalue weighted by Crippen LogP contribution is -2.24. The molecule has 0 radical (unpaired) electrons. The number of ether oxygens (including phenoxy) is 2. The van der Waals surface area contributed by atoms with E-state index in [-0.39, 0.29) is 12.4 Å². The number of rotatable bonds is 6. The Morgan fingerprint density at radius 3 is 2.88 bits per heavy atom. The predicted molar refractivity (Wildman–Crippen MR) is 87.0 cm³/mol. The maximum atomic E-state index is 11.7. The number of carbonyl (C=O) groups excluding carboxylic acids is 1. The van der Waals surface area contributed by atoms with E-state index in [0.717, 1.165) is 0 Å². The number of aromatic hydroxyl groups is 1. The Hall–Kier alpha value is -3.53. The lowest BCUT2D eigenvalue weighted by atomic mass is 10.2. The highest BCUT2D eigenvalue weighted by molar-refractivity contribution is 5.83. The summed E-state index contributed by atoms with van der Waals surface area (Å²) in [5, 5.41) is 22.2. The van der Waals surface area contributed by atoms with Crippen molar-refractivity contribution in [1.29, 1.82) is 5.26 Å². The van der Waals surface area contributed by atoms with Gasteiger partial charge in [-0.05, 0) is 35.9 Å². The van der Waals surface area contributed by atoms with Gasteiger partial charge >= 0.3 is 0 Å². The molecule has 0 aliphatic heterocycles. The van der Waals surface area contributed by atoms with Crippen molar-refractivity contribution in [2.75, 3.05) is 13.7 Å². The van der Waals surface area contributed by atoms with Gasteiger partial charge in [0.2, 0.25) is 0 Å². The normalized spacial score (nSPS) is 10.2. The molecule has 1 amide bonds. The molecule has 0 aliphatic rings. The summed E-state index contributed by atoms with van der Waals surface area (Å²) in [6, 6.07) is 13.3. The van der Waals surface area contributed by atoms with Crippen LogP contribution in [-0.4, -0.2) is 30.9 Å². The maximum Gasteiger partial charge on any atom is 0.277 e. The number of amides is 1. The SMILES string of the molecule is COc1cc(/C=N/NC(=O)COc2ccccc2C#N)ccc1O. The molecule has 0 saturated carbocycles. The van der Waals surface area contributed by atoms with Crippen molar-refractivity contribution in [1.82, 2.24) is 5.43 Å². The molecule has 0 fully saturated rings. The zero-order valence-corrected chi connectivity index (χ0v) is 12.9. The van der Waals surface area contributed by atoms with Gasteiger partial charge in [-0.3, -0.25) is 4.79 Å². The summed E-state index contributed by atoms with van der Waals surface area (Å²) in [7, 11) is 1.44. The van der Waals surface area contributed by atoms with Crippen LogP contribution in [0, 0.1) is 11.3 Å². The molecular weight excluding hydrogens is 310 g/mol. The van der Waals surface area contributed by atoms with Gasteiger partial charge in [0.15, 0.2) is 18.1 Å². The molecule has 7 nitrogen and oxygen atoms in total. The summed E-state index contributed by atoms with van der Waals surface area (Å²) in [5.74, 6) is 0.192. The first-order valence-electron chi connectivity index (χ1n) is 6.95. The first kappa shape index (κ1) is 16.8. The van der Waals surface area contributed by atoms with E-state index in [1.165, 1.54) is 19.4 Å². The molecule has 0 spiro atoms. The fourth-order valence-electron chi connectivity index (χ4n) is 1.81. The number of nitrogens with zero attached hydrogens (tertiary/aromatic N) is 2. The minimum atomic E-state index is -0.468. The van der Waals surface area contributed by atoms with Gasteiger partial charge in [0, 0.05) is 0 Å². The number of hydrogen-bond acceptors (Lipinski definition) is 6. The third-order valence-corrected chi connectivity index (χ3v) is 2.97. The van der Waals surface area contributed by atoms with E-state index in [1.807, 2.05) is 6.07 Å². The van der Waals surface area contributed by atoms with Crippen LogP contribution in [0.15, 0.2) is 47.6 Å². The smallest absolute Gasteiger partial charge is 0.277 e. The highest BCUT2D eigenvalue weighted by atomic mass is 16.5. The molecule has 0 bridgehead atoms. The number of phenols is 1. The van der Waals surface area contributed by atoms with E-state index < -0.39 is 5.91 Å². The number of methoxy groups -OCH3 is 1. The average molecular weight is 325 g/mol. The highest BCUT2D eigenvalue weighted by Crippen LogP contribution is 2.25. The van der Waals surface area contributed by atoms with Crippen LogP contribution in [0.5, 0.6) is 17.2 Å². The van der Waals surface area contributed by atoms with Crippen LogP contribution < -0.4 is 14.9 Å². The molecule has 2 aromatic carbocycles. The molecule has 2 aromatic rings. The van der Waals surface area contributed by atoms with E-state index in [0.29, 0.717) is 22.6 Å². The van der Waals surface area contributed by atoms with Crippen molar-refractivity contribution in [3.05, 3.63) is 53.6 Å². The number of hydrogen-bond donors (Lipinski definition) is 2. The Bertz CT molecular complexity index is 797. The van der Waals surface area contributed by atoms with Crippen molar-refractivity contribution < 1.29 is 19.4 Å². The number of hydrazone groups is 1. The van der Waals surface area contributed by atoms with E-state index in [1.54, 1.807) is 36.4 Å². The molecule has 0 unspecified atom stereocenters. The second kappa shape index (κ2) is 8.19. The Kier molecular flexibility index (Phi) is 5.75. The average Bonchev–Trinajstić information content (AvgIpc) is 2.61. The van der Waals surface area contributed by atoms with E-state index in [2.05, 4.69) is 10.5 Å². The number of nitriles is 1. The summed E-state index contributed by atoms with van der Waals surface area (Å²) in [6.45, 7) is -0.269. The van der Waals surface area contributed by atoms with Crippen molar-refractivity contribution in [3.8, 4) is 23.3 Å². The molecule has 0 saturated heterocycles. The first-order chi connectivity index (χ1) is 11.6. The maximum absolute atomic E-state index is 11.7. The molecule has 24 heavy (non-hydrogen) atoms. The Morgan fingerprint density at radius 2 is 2.12 bits per heavy atom. The van der Waals surface area contributed by atoms with E-state index in [4.69, 9.17) is 14.7 Å². The second-order valence-electron chi connectivity index (χ2n) is 4.62. The molecule has 0 atom stereocenters. The van der Waals surface area contributed by atoms with Crippen LogP contribution in [0.2, 0.25) is 0 Å². The topological polar surface area (TPSA) is 104 Å². The number of carbonyl (C=O) groups is 1. The number of para-hydroxylation sites is 1. The van der Waals surface area contributed by atoms with Gasteiger partial charge in [0.1, 0.15) is 11.8 Å². The molecule has 2 N–H and O–H groups in total. The standard InChI is InChI=1S/C17H15N3O4/c1-23-16-8-12(6-7-14(16)21)10-19-20-17(22)11-24-15-5-3-2-4-13(15)9-18/h2-8,10,21H,11H2,1H3,(H,20,22)/b19-10+. The van der Waals surface area contributed by atoms with Gasteiger partial charge < -0.3 is 14.6 Å². The number of benzene rings is 2.